The van der Waals surface area contributed by atoms with Gasteiger partial charge in [-0.3, -0.25) is 0 Å². The number of nitrogens with zero attached hydrogens (tertiary/aromatic N) is 1. The number of hydrogen-bond donors (Lipinski definition) is 0. The van der Waals surface area contributed by atoms with Crippen LogP contribution < -0.4 is 4.40 Å². The molecule has 114 valence electrons. The van der Waals surface area contributed by atoms with Crippen LogP contribution in [0.15, 0.2) is 60.8 Å². The van der Waals surface area contributed by atoms with Gasteiger partial charge in [0.15, 0.2) is 0 Å². The van der Waals surface area contributed by atoms with Gasteiger partial charge in [-0.05, 0) is 0 Å². The number of rotatable bonds is 2. The Hall–Kier alpha value is -1.65. The first-order valence-corrected chi connectivity index (χ1v) is 16.1. The first-order chi connectivity index (χ1) is 11.0. The van der Waals surface area contributed by atoms with E-state index in [2.05, 4.69) is 70.8 Å². The SMILES string of the molecule is [CH3][Ge]([CH3])([CH3])[c]1ccc2c(c1)sc1cnc(-c3ccccc3)cc12. The predicted molar refractivity (Wildman–Crippen MR) is 106 cm³/mol. The molecular weight excluding hydrogens is 359 g/mol. The van der Waals surface area contributed by atoms with Crippen LogP contribution >= 0.6 is 11.3 Å². The summed E-state index contributed by atoms with van der Waals surface area (Å²) in [5, 5.41) is 2.69. The van der Waals surface area contributed by atoms with Gasteiger partial charge in [-0.1, -0.05) is 0 Å². The molecule has 0 atom stereocenters. The monoisotopic (exact) mass is 379 g/mol. The number of thiophene rings is 1. The minimum absolute atomic E-state index is 1.05. The Morgan fingerprint density at radius 1 is 0.826 bits per heavy atom. The molecule has 1 nitrogen and oxygen atoms in total. The van der Waals surface area contributed by atoms with Gasteiger partial charge in [0.2, 0.25) is 0 Å². The van der Waals surface area contributed by atoms with E-state index < -0.39 is 13.3 Å². The maximum atomic E-state index is 4.67. The van der Waals surface area contributed by atoms with Crippen LogP contribution in [0.2, 0.25) is 17.3 Å². The number of aromatic nitrogens is 1. The van der Waals surface area contributed by atoms with Crippen molar-refractivity contribution in [1.82, 2.24) is 4.98 Å². The molecule has 0 spiro atoms. The molecule has 2 heterocycles. The van der Waals surface area contributed by atoms with E-state index in [1.165, 1.54) is 25.7 Å². The Bertz CT molecular complexity index is 997. The summed E-state index contributed by atoms with van der Waals surface area (Å²) in [6.07, 6.45) is 2.03. The van der Waals surface area contributed by atoms with E-state index in [0.29, 0.717) is 0 Å². The molecule has 0 saturated carbocycles. The summed E-state index contributed by atoms with van der Waals surface area (Å²) >= 11 is 0.0837. The minimum atomic E-state index is -1.78. The zero-order valence-electron chi connectivity index (χ0n) is 13.6. The molecule has 0 unspecified atom stereocenters. The molecule has 0 aliphatic carbocycles. The van der Waals surface area contributed by atoms with Gasteiger partial charge in [0, 0.05) is 0 Å². The van der Waals surface area contributed by atoms with Gasteiger partial charge >= 0.3 is 143 Å². The number of fused-ring (bicyclic) bond motifs is 3. The van der Waals surface area contributed by atoms with Gasteiger partial charge in [-0.25, -0.2) is 0 Å². The second kappa shape index (κ2) is 5.46. The molecule has 4 rings (SSSR count). The summed E-state index contributed by atoms with van der Waals surface area (Å²) in [5.41, 5.74) is 2.23. The van der Waals surface area contributed by atoms with Crippen molar-refractivity contribution in [3.63, 3.8) is 0 Å². The molecule has 0 amide bonds. The summed E-state index contributed by atoms with van der Waals surface area (Å²) in [6, 6.07) is 19.7. The molecule has 0 radical (unpaired) electrons. The Morgan fingerprint density at radius 3 is 2.35 bits per heavy atom. The number of hydrogen-bond acceptors (Lipinski definition) is 2. The van der Waals surface area contributed by atoms with Crippen molar-refractivity contribution in [3.05, 3.63) is 60.8 Å². The van der Waals surface area contributed by atoms with Crippen molar-refractivity contribution in [2.45, 2.75) is 17.3 Å². The van der Waals surface area contributed by atoms with Crippen LogP contribution in [0, 0.1) is 0 Å². The van der Waals surface area contributed by atoms with Crippen LogP contribution in [-0.4, -0.2) is 18.3 Å². The molecule has 4 aromatic rings. The molecule has 2 aromatic carbocycles. The van der Waals surface area contributed by atoms with E-state index in [1.54, 1.807) is 4.40 Å². The fourth-order valence-corrected chi connectivity index (χ4v) is 6.67. The van der Waals surface area contributed by atoms with Gasteiger partial charge in [0.25, 0.3) is 0 Å². The molecule has 0 aliphatic rings. The van der Waals surface area contributed by atoms with E-state index in [0.717, 1.165) is 5.69 Å². The third-order valence-corrected chi connectivity index (χ3v) is 9.68. The summed E-state index contributed by atoms with van der Waals surface area (Å²) < 4.78 is 4.24. The number of pyridine rings is 1. The fraction of sp³-hybridized carbons (Fsp3) is 0.150. The maximum absolute atomic E-state index is 4.67. The predicted octanol–water partition coefficient (Wildman–Crippen LogP) is 5.66. The number of benzene rings is 2. The molecule has 0 bridgehead atoms. The zero-order chi connectivity index (χ0) is 16.0. The van der Waals surface area contributed by atoms with Gasteiger partial charge in [0.1, 0.15) is 0 Å². The van der Waals surface area contributed by atoms with Crippen molar-refractivity contribution in [2.24, 2.45) is 0 Å². The third-order valence-electron chi connectivity index (χ3n) is 4.29. The van der Waals surface area contributed by atoms with Crippen molar-refractivity contribution in [1.29, 1.82) is 0 Å². The summed E-state index contributed by atoms with van der Waals surface area (Å²) in [5.74, 6) is 7.34. The molecular formula is C20H19GeNS. The van der Waals surface area contributed by atoms with Crippen molar-refractivity contribution >= 4 is 49.2 Å². The topological polar surface area (TPSA) is 12.9 Å². The second-order valence-electron chi connectivity index (χ2n) is 6.99. The Kier molecular flexibility index (Phi) is 3.54. The van der Waals surface area contributed by atoms with Crippen LogP contribution in [0.3, 0.4) is 0 Å². The molecule has 0 N–H and O–H groups in total. The molecule has 2 aromatic heterocycles. The summed E-state index contributed by atoms with van der Waals surface area (Å²) in [4.78, 5) is 4.67. The van der Waals surface area contributed by atoms with E-state index in [4.69, 9.17) is 0 Å². The quantitative estimate of drug-likeness (QED) is 0.410. The molecule has 0 fully saturated rings. The first-order valence-electron chi connectivity index (χ1n) is 7.90. The zero-order valence-corrected chi connectivity index (χ0v) is 16.5. The summed E-state index contributed by atoms with van der Waals surface area (Å²) in [6.45, 7) is 0. The van der Waals surface area contributed by atoms with E-state index >= 15 is 0 Å². The molecule has 3 heteroatoms. The standard InChI is InChI=1S/C20H19GeNS/c1-21(2,3)15-9-10-16-17-12-18(14-7-5-4-6-8-14)22-13-20(17)23-19(16)11-15/h4-13H,1-3H3. The van der Waals surface area contributed by atoms with Crippen molar-refractivity contribution < 1.29 is 0 Å². The Labute approximate surface area is 143 Å². The van der Waals surface area contributed by atoms with Crippen LogP contribution in [0.1, 0.15) is 0 Å². The van der Waals surface area contributed by atoms with Gasteiger partial charge < -0.3 is 0 Å². The summed E-state index contributed by atoms with van der Waals surface area (Å²) in [7, 11) is 0. The first kappa shape index (κ1) is 14.9. The third kappa shape index (κ3) is 2.70. The van der Waals surface area contributed by atoms with E-state index in [-0.39, 0.29) is 0 Å². The second-order valence-corrected chi connectivity index (χ2v) is 18.7. The van der Waals surface area contributed by atoms with Crippen LogP contribution in [0.25, 0.3) is 31.4 Å². The van der Waals surface area contributed by atoms with Gasteiger partial charge in [-0.2, -0.15) is 0 Å². The van der Waals surface area contributed by atoms with Gasteiger partial charge in [-0.15, -0.1) is 0 Å². The normalized spacial score (nSPS) is 12.1. The van der Waals surface area contributed by atoms with Crippen LogP contribution in [0.4, 0.5) is 0 Å². The van der Waals surface area contributed by atoms with Gasteiger partial charge in [0.05, 0.1) is 0 Å². The fourth-order valence-electron chi connectivity index (χ4n) is 2.92. The Balaban J connectivity index is 1.93. The molecule has 0 aliphatic heterocycles. The van der Waals surface area contributed by atoms with Crippen molar-refractivity contribution in [2.75, 3.05) is 0 Å². The average Bonchev–Trinajstić information content (AvgIpc) is 2.91. The van der Waals surface area contributed by atoms with Crippen LogP contribution in [0.5, 0.6) is 0 Å². The van der Waals surface area contributed by atoms with E-state index in [9.17, 15) is 0 Å². The average molecular weight is 378 g/mol. The molecule has 0 saturated heterocycles. The Morgan fingerprint density at radius 2 is 1.61 bits per heavy atom. The molecule has 23 heavy (non-hydrogen) atoms. The van der Waals surface area contributed by atoms with Crippen LogP contribution in [-0.2, 0) is 0 Å². The van der Waals surface area contributed by atoms with E-state index in [1.807, 2.05) is 23.6 Å². The van der Waals surface area contributed by atoms with Crippen molar-refractivity contribution in [3.8, 4) is 11.3 Å².